The zero-order valence-electron chi connectivity index (χ0n) is 6.33. The molecule has 0 saturated carbocycles. The van der Waals surface area contributed by atoms with Gasteiger partial charge in [-0.25, -0.2) is 0 Å². The molecule has 0 aromatic carbocycles. The molecular weight excluding hydrogens is 146 g/mol. The highest BCUT2D eigenvalue weighted by Crippen LogP contribution is 1.99. The van der Waals surface area contributed by atoms with Crippen molar-refractivity contribution in [2.75, 3.05) is 0 Å². The van der Waals surface area contributed by atoms with Crippen molar-refractivity contribution in [2.24, 2.45) is 0 Å². The van der Waals surface area contributed by atoms with E-state index < -0.39 is 6.04 Å². The van der Waals surface area contributed by atoms with Gasteiger partial charge in [-0.3, -0.25) is 9.59 Å². The Morgan fingerprint density at radius 1 is 1.82 bits per heavy atom. The normalized spacial score (nSPS) is 11.7. The minimum atomic E-state index is -0.648. The van der Waals surface area contributed by atoms with Gasteiger partial charge in [-0.05, 0) is 6.92 Å². The van der Waals surface area contributed by atoms with E-state index >= 15 is 0 Å². The zero-order valence-corrected chi connectivity index (χ0v) is 6.33. The lowest BCUT2D eigenvalue weighted by molar-refractivity contribution is -0.121. The Bertz CT molecular complexity index is 177. The van der Waals surface area contributed by atoms with Crippen molar-refractivity contribution in [3.05, 3.63) is 12.3 Å². The fourth-order valence-corrected chi connectivity index (χ4v) is 0.638. The average molecular weight is 157 g/mol. The molecule has 1 amide bonds. The summed E-state index contributed by atoms with van der Waals surface area (Å²) in [6.07, 6.45) is 0.503. The molecule has 0 rings (SSSR count). The second kappa shape index (κ2) is 4.49. The second-order valence-electron chi connectivity index (χ2n) is 2.22. The van der Waals surface area contributed by atoms with Gasteiger partial charge in [0.25, 0.3) is 0 Å². The van der Waals surface area contributed by atoms with Crippen LogP contribution in [0.15, 0.2) is 12.3 Å². The first kappa shape index (κ1) is 9.68. The molecule has 11 heavy (non-hydrogen) atoms. The van der Waals surface area contributed by atoms with Crippen LogP contribution in [-0.2, 0) is 9.59 Å². The van der Waals surface area contributed by atoms with E-state index in [2.05, 4.69) is 11.9 Å². The third kappa shape index (κ3) is 4.13. The van der Waals surface area contributed by atoms with E-state index in [-0.39, 0.29) is 18.0 Å². The topological polar surface area (TPSA) is 66.4 Å². The lowest BCUT2D eigenvalue weighted by Gasteiger charge is -2.10. The SMILES string of the molecule is C=C(O)CC(NC=O)C(C)=O. The molecule has 0 aliphatic rings. The van der Waals surface area contributed by atoms with Gasteiger partial charge in [-0.15, -0.1) is 0 Å². The minimum absolute atomic E-state index is 0.0775. The standard InChI is InChI=1S/C7H11NO3/c1-5(10)3-7(6(2)11)8-4-9/h4,7,10H,1,3H2,2H3,(H,8,9). The highest BCUT2D eigenvalue weighted by molar-refractivity contribution is 5.83. The van der Waals surface area contributed by atoms with Gasteiger partial charge in [0.05, 0.1) is 11.8 Å². The quantitative estimate of drug-likeness (QED) is 0.441. The Morgan fingerprint density at radius 3 is 2.64 bits per heavy atom. The van der Waals surface area contributed by atoms with Crippen molar-refractivity contribution in [1.82, 2.24) is 5.32 Å². The van der Waals surface area contributed by atoms with Crippen LogP contribution in [-0.4, -0.2) is 23.3 Å². The molecule has 2 N–H and O–H groups in total. The third-order valence-electron chi connectivity index (χ3n) is 1.20. The van der Waals surface area contributed by atoms with Gasteiger partial charge in [0.2, 0.25) is 6.41 Å². The van der Waals surface area contributed by atoms with E-state index in [1.807, 2.05) is 0 Å². The van der Waals surface area contributed by atoms with Crippen LogP contribution in [0.25, 0.3) is 0 Å². The highest BCUT2D eigenvalue weighted by atomic mass is 16.3. The summed E-state index contributed by atoms with van der Waals surface area (Å²) in [5.41, 5.74) is 0. The number of aliphatic hydroxyl groups excluding tert-OH is 1. The van der Waals surface area contributed by atoms with Crippen molar-refractivity contribution in [3.63, 3.8) is 0 Å². The zero-order chi connectivity index (χ0) is 8.85. The Balaban J connectivity index is 3.99. The Labute approximate surface area is 64.9 Å². The molecule has 0 aliphatic carbocycles. The maximum Gasteiger partial charge on any atom is 0.207 e. The molecule has 0 bridgehead atoms. The summed E-state index contributed by atoms with van der Waals surface area (Å²) in [5.74, 6) is -0.313. The number of ketones is 1. The Hall–Kier alpha value is -1.32. The monoisotopic (exact) mass is 157 g/mol. The van der Waals surface area contributed by atoms with E-state index in [4.69, 9.17) is 5.11 Å². The molecule has 4 heteroatoms. The second-order valence-corrected chi connectivity index (χ2v) is 2.22. The van der Waals surface area contributed by atoms with Gasteiger partial charge in [0.15, 0.2) is 5.78 Å². The van der Waals surface area contributed by atoms with Crippen LogP contribution < -0.4 is 5.32 Å². The first-order chi connectivity index (χ1) is 5.07. The predicted octanol–water partition coefficient (Wildman–Crippen LogP) is 0.152. The van der Waals surface area contributed by atoms with Crippen LogP contribution in [0.4, 0.5) is 0 Å². The van der Waals surface area contributed by atoms with Crippen molar-refractivity contribution >= 4 is 12.2 Å². The predicted molar refractivity (Wildman–Crippen MR) is 40.1 cm³/mol. The fourth-order valence-electron chi connectivity index (χ4n) is 0.638. The van der Waals surface area contributed by atoms with E-state index in [9.17, 15) is 9.59 Å². The van der Waals surface area contributed by atoms with Crippen LogP contribution in [0, 0.1) is 0 Å². The summed E-state index contributed by atoms with van der Waals surface area (Å²) in [6.45, 7) is 4.54. The maximum atomic E-state index is 10.7. The Kier molecular flexibility index (Phi) is 3.95. The van der Waals surface area contributed by atoms with Crippen LogP contribution in [0.3, 0.4) is 0 Å². The number of hydrogen-bond acceptors (Lipinski definition) is 3. The molecule has 0 saturated heterocycles. The van der Waals surface area contributed by atoms with Crippen molar-refractivity contribution in [1.29, 1.82) is 0 Å². The lowest BCUT2D eigenvalue weighted by atomic mass is 10.1. The van der Waals surface area contributed by atoms with E-state index in [1.165, 1.54) is 6.92 Å². The van der Waals surface area contributed by atoms with Crippen molar-refractivity contribution < 1.29 is 14.7 Å². The number of Topliss-reactive ketones (excluding diaryl/α,β-unsaturated/α-hetero) is 1. The molecule has 0 radical (unpaired) electrons. The number of carbonyl (C=O) groups excluding carboxylic acids is 2. The molecule has 0 fully saturated rings. The van der Waals surface area contributed by atoms with Gasteiger partial charge >= 0.3 is 0 Å². The number of amides is 1. The third-order valence-corrected chi connectivity index (χ3v) is 1.20. The molecule has 0 aromatic rings. The number of nitrogens with one attached hydrogen (secondary N) is 1. The Morgan fingerprint density at radius 2 is 2.36 bits per heavy atom. The number of aliphatic hydroxyl groups is 1. The van der Waals surface area contributed by atoms with Crippen LogP contribution in [0.5, 0.6) is 0 Å². The summed E-state index contributed by atoms with van der Waals surface area (Å²) < 4.78 is 0. The molecule has 0 spiro atoms. The minimum Gasteiger partial charge on any atom is -0.513 e. The summed E-state index contributed by atoms with van der Waals surface area (Å²) in [7, 11) is 0. The molecule has 0 aromatic heterocycles. The number of hydrogen-bond donors (Lipinski definition) is 2. The van der Waals surface area contributed by atoms with E-state index in [0.717, 1.165) is 0 Å². The lowest BCUT2D eigenvalue weighted by Crippen LogP contribution is -2.34. The molecule has 0 aliphatic heterocycles. The van der Waals surface area contributed by atoms with Crippen molar-refractivity contribution in [2.45, 2.75) is 19.4 Å². The smallest absolute Gasteiger partial charge is 0.207 e. The van der Waals surface area contributed by atoms with E-state index in [0.29, 0.717) is 6.41 Å². The average Bonchev–Trinajstić information content (AvgIpc) is 1.86. The fraction of sp³-hybridized carbons (Fsp3) is 0.429. The van der Waals surface area contributed by atoms with E-state index in [1.54, 1.807) is 0 Å². The summed E-state index contributed by atoms with van der Waals surface area (Å²) in [4.78, 5) is 20.6. The largest absolute Gasteiger partial charge is 0.513 e. The van der Waals surface area contributed by atoms with Gasteiger partial charge in [0.1, 0.15) is 0 Å². The van der Waals surface area contributed by atoms with Gasteiger partial charge in [-0.2, -0.15) is 0 Å². The molecule has 4 nitrogen and oxygen atoms in total. The van der Waals surface area contributed by atoms with Crippen molar-refractivity contribution in [3.8, 4) is 0 Å². The number of rotatable bonds is 5. The van der Waals surface area contributed by atoms with Crippen LogP contribution in [0.1, 0.15) is 13.3 Å². The van der Waals surface area contributed by atoms with Crippen LogP contribution >= 0.6 is 0 Å². The van der Waals surface area contributed by atoms with Gasteiger partial charge in [0, 0.05) is 6.42 Å². The molecule has 62 valence electrons. The van der Waals surface area contributed by atoms with Gasteiger partial charge in [-0.1, -0.05) is 6.58 Å². The van der Waals surface area contributed by atoms with Crippen LogP contribution in [0.2, 0.25) is 0 Å². The summed E-state index contributed by atoms with van der Waals surface area (Å²) in [6, 6.07) is -0.648. The molecule has 0 heterocycles. The number of carbonyl (C=O) groups is 2. The highest BCUT2D eigenvalue weighted by Gasteiger charge is 2.13. The first-order valence-electron chi connectivity index (χ1n) is 3.14. The maximum absolute atomic E-state index is 10.7. The summed E-state index contributed by atoms with van der Waals surface area (Å²) in [5, 5.41) is 11.0. The molecule has 1 atom stereocenters. The molecular formula is C7H11NO3. The molecule has 1 unspecified atom stereocenters. The van der Waals surface area contributed by atoms with Gasteiger partial charge < -0.3 is 10.4 Å². The summed E-state index contributed by atoms with van der Waals surface area (Å²) >= 11 is 0. The first-order valence-corrected chi connectivity index (χ1v) is 3.14.